The quantitative estimate of drug-likeness (QED) is 0.130. The molecule has 5 rings (SSSR count). The Hall–Kier alpha value is -3.54. The molecule has 0 amide bonds. The number of Topliss-reactive ketones (excluding diaryl/α,β-unsaturated/α-hetero) is 1. The van der Waals surface area contributed by atoms with E-state index >= 15 is 0 Å². The lowest BCUT2D eigenvalue weighted by atomic mass is 9.92. The molecule has 0 radical (unpaired) electrons. The first-order valence-electron chi connectivity index (χ1n) is 15.7. The number of halogens is 3. The van der Waals surface area contributed by atoms with Crippen LogP contribution in [0.1, 0.15) is 49.7 Å². The predicted octanol–water partition coefficient (Wildman–Crippen LogP) is 8.98. The maximum atomic E-state index is 13.2. The number of thiazole rings is 1. The summed E-state index contributed by atoms with van der Waals surface area (Å²) >= 11 is 3.20. The molecule has 250 valence electrons. The molecule has 0 spiro atoms. The summed E-state index contributed by atoms with van der Waals surface area (Å²) in [7, 11) is 1.66. The minimum absolute atomic E-state index is 0.0182. The first-order valence-corrected chi connectivity index (χ1v) is 17.5. The third-order valence-corrected chi connectivity index (χ3v) is 11.1. The van der Waals surface area contributed by atoms with Crippen LogP contribution >= 0.6 is 23.1 Å². The Balaban J connectivity index is 1.30. The molecule has 1 aliphatic heterocycles. The summed E-state index contributed by atoms with van der Waals surface area (Å²) in [5.74, 6) is 2.17. The molecule has 1 fully saturated rings. The van der Waals surface area contributed by atoms with Gasteiger partial charge in [0.15, 0.2) is 11.4 Å². The van der Waals surface area contributed by atoms with Crippen molar-refractivity contribution in [3.05, 3.63) is 88.9 Å². The highest BCUT2D eigenvalue weighted by molar-refractivity contribution is 7.98. The van der Waals surface area contributed by atoms with Gasteiger partial charge in [-0.25, -0.2) is 4.98 Å². The number of thioether (sulfide) groups is 1. The van der Waals surface area contributed by atoms with Crippen molar-refractivity contribution in [2.75, 3.05) is 38.2 Å². The molecule has 11 heteroatoms. The average molecular weight is 684 g/mol. The van der Waals surface area contributed by atoms with E-state index in [0.29, 0.717) is 41.5 Å². The summed E-state index contributed by atoms with van der Waals surface area (Å²) in [5, 5.41) is 0.713. The van der Waals surface area contributed by atoms with Crippen molar-refractivity contribution in [1.82, 2.24) is 9.88 Å². The lowest BCUT2D eigenvalue weighted by Crippen LogP contribution is -2.46. The van der Waals surface area contributed by atoms with Crippen LogP contribution in [0.4, 0.5) is 18.9 Å². The molecule has 4 aromatic rings. The Labute approximate surface area is 282 Å². The lowest BCUT2D eigenvalue weighted by molar-refractivity contribution is -0.137. The molecule has 6 nitrogen and oxygen atoms in total. The first kappa shape index (κ1) is 34.8. The van der Waals surface area contributed by atoms with Crippen molar-refractivity contribution >= 4 is 34.6 Å². The van der Waals surface area contributed by atoms with E-state index in [2.05, 4.69) is 21.9 Å². The summed E-state index contributed by atoms with van der Waals surface area (Å²) in [6, 6.07) is 21.1. The molecule has 1 aromatic heterocycles. The largest absolute Gasteiger partial charge is 0.497 e. The van der Waals surface area contributed by atoms with Crippen LogP contribution in [0.2, 0.25) is 0 Å². The molecule has 0 bridgehead atoms. The van der Waals surface area contributed by atoms with Gasteiger partial charge in [0.2, 0.25) is 0 Å². The summed E-state index contributed by atoms with van der Waals surface area (Å²) in [4.78, 5) is 24.2. The predicted molar refractivity (Wildman–Crippen MR) is 184 cm³/mol. The van der Waals surface area contributed by atoms with Crippen LogP contribution in [0.3, 0.4) is 0 Å². The van der Waals surface area contributed by atoms with Crippen molar-refractivity contribution in [2.24, 2.45) is 0 Å². The van der Waals surface area contributed by atoms with Crippen molar-refractivity contribution in [3.8, 4) is 22.1 Å². The lowest BCUT2D eigenvalue weighted by Gasteiger charge is -2.36. The average Bonchev–Trinajstić information content (AvgIpc) is 3.49. The van der Waals surface area contributed by atoms with E-state index in [9.17, 15) is 18.0 Å². The third-order valence-electron chi connectivity index (χ3n) is 8.71. The number of piperazine rings is 1. The molecule has 1 aliphatic rings. The number of aromatic nitrogens is 1. The second-order valence-electron chi connectivity index (χ2n) is 11.5. The molecule has 0 saturated carbocycles. The van der Waals surface area contributed by atoms with Gasteiger partial charge in [0, 0.05) is 59.5 Å². The van der Waals surface area contributed by atoms with Crippen LogP contribution in [0.15, 0.2) is 77.7 Å². The molecule has 1 saturated heterocycles. The highest BCUT2D eigenvalue weighted by Gasteiger charge is 2.34. The number of rotatable bonds is 13. The van der Waals surface area contributed by atoms with Gasteiger partial charge in [0.1, 0.15) is 16.5 Å². The van der Waals surface area contributed by atoms with Crippen LogP contribution in [-0.4, -0.2) is 54.6 Å². The van der Waals surface area contributed by atoms with E-state index in [1.54, 1.807) is 25.8 Å². The zero-order valence-corrected chi connectivity index (χ0v) is 28.7. The second-order valence-corrected chi connectivity index (χ2v) is 13.7. The molecular weight excluding hydrogens is 644 g/mol. The first-order chi connectivity index (χ1) is 22.5. The summed E-state index contributed by atoms with van der Waals surface area (Å²) in [5.41, 5.74) is 1.29. The van der Waals surface area contributed by atoms with E-state index in [0.717, 1.165) is 65.2 Å². The highest BCUT2D eigenvalue weighted by atomic mass is 32.2. The van der Waals surface area contributed by atoms with E-state index in [-0.39, 0.29) is 5.78 Å². The van der Waals surface area contributed by atoms with Crippen LogP contribution in [0.5, 0.6) is 11.5 Å². The van der Waals surface area contributed by atoms with Gasteiger partial charge in [-0.3, -0.25) is 9.69 Å². The molecule has 0 atom stereocenters. The number of methoxy groups -OCH3 is 1. The van der Waals surface area contributed by atoms with Gasteiger partial charge in [0.25, 0.3) is 0 Å². The summed E-state index contributed by atoms with van der Waals surface area (Å²) in [6.07, 6.45) is -3.19. The van der Waals surface area contributed by atoms with Crippen LogP contribution in [0, 0.1) is 0 Å². The zero-order valence-electron chi connectivity index (χ0n) is 27.1. The van der Waals surface area contributed by atoms with Crippen molar-refractivity contribution < 1.29 is 27.4 Å². The Morgan fingerprint density at radius 2 is 1.51 bits per heavy atom. The van der Waals surface area contributed by atoms with Crippen LogP contribution < -0.4 is 14.4 Å². The van der Waals surface area contributed by atoms with Crippen molar-refractivity contribution in [3.63, 3.8) is 0 Å². The number of carbonyl (C=O) groups excluding carboxylic acids is 1. The van der Waals surface area contributed by atoms with E-state index in [1.807, 2.05) is 50.2 Å². The molecule has 47 heavy (non-hydrogen) atoms. The number of benzene rings is 3. The molecule has 2 heterocycles. The number of alkyl halides is 3. The SMILES string of the molecule is CCC(CC)(Oc1ccc(SCc2sc(-c3ccc(C(F)(F)F)cc3)nc2CN2CCN(c3ccc(OC)cc3)CC2)cc1)C(C)=O. The molecule has 0 unspecified atom stereocenters. The Morgan fingerprint density at radius 1 is 0.894 bits per heavy atom. The van der Waals surface area contributed by atoms with Gasteiger partial charge in [-0.05, 0) is 80.4 Å². The van der Waals surface area contributed by atoms with Gasteiger partial charge < -0.3 is 14.4 Å². The van der Waals surface area contributed by atoms with Gasteiger partial charge in [-0.1, -0.05) is 26.0 Å². The van der Waals surface area contributed by atoms with Crippen LogP contribution in [0.25, 0.3) is 10.6 Å². The van der Waals surface area contributed by atoms with E-state index in [4.69, 9.17) is 14.5 Å². The normalized spacial score (nSPS) is 14.3. The van der Waals surface area contributed by atoms with Gasteiger partial charge in [0.05, 0.1) is 18.4 Å². The monoisotopic (exact) mass is 683 g/mol. The zero-order chi connectivity index (χ0) is 33.6. The smallest absolute Gasteiger partial charge is 0.416 e. The Bertz CT molecular complexity index is 1610. The maximum absolute atomic E-state index is 13.2. The highest BCUT2D eigenvalue weighted by Crippen LogP contribution is 2.37. The number of nitrogens with zero attached hydrogens (tertiary/aromatic N) is 3. The molecule has 3 aromatic carbocycles. The van der Waals surface area contributed by atoms with E-state index < -0.39 is 17.3 Å². The molecular formula is C36H40F3N3O3S2. The van der Waals surface area contributed by atoms with Gasteiger partial charge >= 0.3 is 6.18 Å². The van der Waals surface area contributed by atoms with Crippen molar-refractivity contribution in [2.45, 2.75) is 62.6 Å². The fraction of sp³-hybridized carbons (Fsp3) is 0.389. The number of ether oxygens (including phenoxy) is 2. The van der Waals surface area contributed by atoms with E-state index in [1.165, 1.54) is 23.5 Å². The fourth-order valence-electron chi connectivity index (χ4n) is 5.66. The minimum Gasteiger partial charge on any atom is -0.497 e. The molecule has 0 aliphatic carbocycles. The number of hydrogen-bond acceptors (Lipinski definition) is 8. The van der Waals surface area contributed by atoms with Gasteiger partial charge in [-0.2, -0.15) is 13.2 Å². The second kappa shape index (κ2) is 15.1. The summed E-state index contributed by atoms with van der Waals surface area (Å²) < 4.78 is 51.1. The number of carbonyl (C=O) groups is 1. The Morgan fingerprint density at radius 3 is 2.06 bits per heavy atom. The maximum Gasteiger partial charge on any atom is 0.416 e. The minimum atomic E-state index is -4.39. The Kier molecular flexibility index (Phi) is 11.2. The molecule has 0 N–H and O–H groups in total. The number of hydrogen-bond donors (Lipinski definition) is 0. The van der Waals surface area contributed by atoms with Crippen LogP contribution in [-0.2, 0) is 23.3 Å². The third kappa shape index (κ3) is 8.49. The fourth-order valence-corrected chi connectivity index (χ4v) is 7.73. The topological polar surface area (TPSA) is 54.9 Å². The standard InChI is InChI=1S/C36H40F3N3O3S2/c1-5-35(6-2,25(3)43)45-30-15-17-31(18-16-30)46-24-33-32(40-34(47-33)26-7-9-27(10-8-26)36(37,38)39)23-41-19-21-42(22-20-41)28-11-13-29(44-4)14-12-28/h7-18H,5-6,19-24H2,1-4H3. The number of anilines is 1. The van der Waals surface area contributed by atoms with Gasteiger partial charge in [-0.15, -0.1) is 23.1 Å². The number of ketones is 1. The van der Waals surface area contributed by atoms with Crippen molar-refractivity contribution in [1.29, 1.82) is 0 Å². The summed E-state index contributed by atoms with van der Waals surface area (Å²) in [6.45, 7) is 9.64.